The van der Waals surface area contributed by atoms with E-state index in [0.717, 1.165) is 75.9 Å². The number of ether oxygens (including phenoxy) is 1. The predicted molar refractivity (Wildman–Crippen MR) is 96.1 cm³/mol. The molecule has 7 heteroatoms. The van der Waals surface area contributed by atoms with Crippen molar-refractivity contribution >= 4 is 5.91 Å². The molecule has 0 radical (unpaired) electrons. The van der Waals surface area contributed by atoms with E-state index in [-0.39, 0.29) is 11.8 Å². The van der Waals surface area contributed by atoms with Crippen LogP contribution < -0.4 is 5.73 Å². The molecule has 1 atom stereocenters. The number of amides is 1. The average molecular weight is 349 g/mol. The molecule has 0 aromatic carbocycles. The summed E-state index contributed by atoms with van der Waals surface area (Å²) in [6, 6.07) is 0.509. The molecular weight excluding hydrogens is 318 g/mol. The molecule has 2 aliphatic rings. The Balaban J connectivity index is 1.68. The van der Waals surface area contributed by atoms with Crippen LogP contribution >= 0.6 is 0 Å². The number of carbonyl (C=O) groups is 1. The third-order valence-electron chi connectivity index (χ3n) is 5.49. The van der Waals surface area contributed by atoms with Crippen molar-refractivity contribution < 1.29 is 9.53 Å². The van der Waals surface area contributed by atoms with Crippen LogP contribution in [0.4, 0.5) is 0 Å². The third-order valence-corrected chi connectivity index (χ3v) is 5.49. The summed E-state index contributed by atoms with van der Waals surface area (Å²) in [7, 11) is 0. The summed E-state index contributed by atoms with van der Waals surface area (Å²) in [5, 5.41) is 0. The Kier molecular flexibility index (Phi) is 6.09. The van der Waals surface area contributed by atoms with Gasteiger partial charge in [0.25, 0.3) is 0 Å². The zero-order valence-electron chi connectivity index (χ0n) is 15.5. The first-order valence-electron chi connectivity index (χ1n) is 9.44. The number of hydrogen-bond acceptors (Lipinski definition) is 5. The first-order valence-corrected chi connectivity index (χ1v) is 9.44. The van der Waals surface area contributed by atoms with Gasteiger partial charge in [0.05, 0.1) is 11.6 Å². The quantitative estimate of drug-likeness (QED) is 0.816. The van der Waals surface area contributed by atoms with E-state index in [9.17, 15) is 4.79 Å². The molecule has 0 bridgehead atoms. The van der Waals surface area contributed by atoms with Crippen LogP contribution in [-0.2, 0) is 22.5 Å². The van der Waals surface area contributed by atoms with Gasteiger partial charge in [-0.25, -0.2) is 4.98 Å². The van der Waals surface area contributed by atoms with E-state index in [1.165, 1.54) is 0 Å². The van der Waals surface area contributed by atoms with Crippen molar-refractivity contribution in [2.45, 2.75) is 45.7 Å². The number of nitrogens with zero attached hydrogens (tertiary/aromatic N) is 3. The van der Waals surface area contributed by atoms with Crippen molar-refractivity contribution in [1.29, 1.82) is 0 Å². The summed E-state index contributed by atoms with van der Waals surface area (Å²) in [5.41, 5.74) is 7.91. The maximum absolute atomic E-state index is 12.0. The lowest BCUT2D eigenvalue weighted by atomic mass is 10.0. The predicted octanol–water partition coefficient (Wildman–Crippen LogP) is 0.679. The number of nitrogens with one attached hydrogen (secondary N) is 1. The lowest BCUT2D eigenvalue weighted by molar-refractivity contribution is -0.122. The van der Waals surface area contributed by atoms with Gasteiger partial charge < -0.3 is 15.5 Å². The molecule has 3 rings (SSSR count). The highest BCUT2D eigenvalue weighted by atomic mass is 16.5. The number of hydrogen-bond donors (Lipinski definition) is 2. The SMILES string of the molecule is CCc1nc(CN2CCN(C3CCOCC3)CC(C(N)=O)C2)c(C)[nH]1. The highest BCUT2D eigenvalue weighted by Gasteiger charge is 2.31. The standard InChI is InChI=1S/C18H31N5O2/c1-3-17-20-13(2)16(21-17)12-22-6-7-23(11-14(10-22)18(19)24)15-4-8-25-9-5-15/h14-15H,3-12H2,1-2H3,(H2,19,24)(H,20,21). The number of aryl methyl sites for hydroxylation is 2. The number of aromatic nitrogens is 2. The van der Waals surface area contributed by atoms with E-state index in [4.69, 9.17) is 10.5 Å². The highest BCUT2D eigenvalue weighted by molar-refractivity contribution is 5.77. The molecule has 1 amide bonds. The van der Waals surface area contributed by atoms with Gasteiger partial charge in [0, 0.05) is 64.1 Å². The van der Waals surface area contributed by atoms with Crippen LogP contribution in [0.2, 0.25) is 0 Å². The van der Waals surface area contributed by atoms with Gasteiger partial charge in [-0.05, 0) is 19.8 Å². The molecule has 0 spiro atoms. The van der Waals surface area contributed by atoms with Gasteiger partial charge in [-0.1, -0.05) is 6.92 Å². The fourth-order valence-corrected chi connectivity index (χ4v) is 3.91. The van der Waals surface area contributed by atoms with E-state index >= 15 is 0 Å². The molecule has 25 heavy (non-hydrogen) atoms. The third kappa shape index (κ3) is 4.59. The summed E-state index contributed by atoms with van der Waals surface area (Å²) in [6.45, 7) is 9.96. The maximum atomic E-state index is 12.0. The van der Waals surface area contributed by atoms with E-state index in [0.29, 0.717) is 12.6 Å². The summed E-state index contributed by atoms with van der Waals surface area (Å²) >= 11 is 0. The van der Waals surface area contributed by atoms with Gasteiger partial charge >= 0.3 is 0 Å². The molecule has 7 nitrogen and oxygen atoms in total. The lowest BCUT2D eigenvalue weighted by Crippen LogP contribution is -2.44. The minimum absolute atomic E-state index is 0.129. The molecule has 1 aromatic rings. The molecule has 0 aliphatic carbocycles. The van der Waals surface area contributed by atoms with Gasteiger partial charge in [0.15, 0.2) is 0 Å². The minimum atomic E-state index is -0.197. The first-order chi connectivity index (χ1) is 12.1. The van der Waals surface area contributed by atoms with E-state index in [2.05, 4.69) is 33.6 Å². The molecular formula is C18H31N5O2. The van der Waals surface area contributed by atoms with Crippen LogP contribution in [0.1, 0.15) is 37.0 Å². The zero-order valence-corrected chi connectivity index (χ0v) is 15.5. The Hall–Kier alpha value is -1.44. The highest BCUT2D eigenvalue weighted by Crippen LogP contribution is 2.20. The van der Waals surface area contributed by atoms with Gasteiger partial charge in [-0.3, -0.25) is 14.6 Å². The number of rotatable bonds is 5. The monoisotopic (exact) mass is 349 g/mol. The van der Waals surface area contributed by atoms with Crippen molar-refractivity contribution in [3.63, 3.8) is 0 Å². The van der Waals surface area contributed by atoms with Crippen LogP contribution in [0.15, 0.2) is 0 Å². The second-order valence-electron chi connectivity index (χ2n) is 7.28. The largest absolute Gasteiger partial charge is 0.381 e. The number of nitrogens with two attached hydrogens (primary N) is 1. The van der Waals surface area contributed by atoms with Gasteiger partial charge in [0.1, 0.15) is 5.82 Å². The molecule has 2 aliphatic heterocycles. The second kappa shape index (κ2) is 8.29. The normalized spacial score (nSPS) is 24.3. The van der Waals surface area contributed by atoms with Crippen LogP contribution in [0.5, 0.6) is 0 Å². The molecule has 1 aromatic heterocycles. The van der Waals surface area contributed by atoms with Crippen LogP contribution in [0.3, 0.4) is 0 Å². The van der Waals surface area contributed by atoms with Crippen molar-refractivity contribution in [3.8, 4) is 0 Å². The smallest absolute Gasteiger partial charge is 0.223 e. The molecule has 140 valence electrons. The van der Waals surface area contributed by atoms with Crippen LogP contribution in [-0.4, -0.2) is 71.1 Å². The Morgan fingerprint density at radius 1 is 1.32 bits per heavy atom. The number of H-pyrrole nitrogens is 1. The fourth-order valence-electron chi connectivity index (χ4n) is 3.91. The van der Waals surface area contributed by atoms with E-state index < -0.39 is 0 Å². The molecule has 3 N–H and O–H groups in total. The number of imidazole rings is 1. The Morgan fingerprint density at radius 2 is 2.08 bits per heavy atom. The van der Waals surface area contributed by atoms with E-state index in [1.54, 1.807) is 0 Å². The van der Waals surface area contributed by atoms with Crippen molar-refractivity contribution in [2.24, 2.45) is 11.7 Å². The Bertz CT molecular complexity index is 582. The fraction of sp³-hybridized carbons (Fsp3) is 0.778. The van der Waals surface area contributed by atoms with Gasteiger partial charge in [0.2, 0.25) is 5.91 Å². The van der Waals surface area contributed by atoms with Crippen LogP contribution in [0.25, 0.3) is 0 Å². The zero-order chi connectivity index (χ0) is 17.8. The van der Waals surface area contributed by atoms with Crippen LogP contribution in [0, 0.1) is 12.8 Å². The second-order valence-corrected chi connectivity index (χ2v) is 7.28. The number of aromatic amines is 1. The molecule has 2 saturated heterocycles. The maximum Gasteiger partial charge on any atom is 0.223 e. The first kappa shape index (κ1) is 18.4. The average Bonchev–Trinajstić information content (AvgIpc) is 2.83. The summed E-state index contributed by atoms with van der Waals surface area (Å²) < 4.78 is 5.48. The molecule has 3 heterocycles. The molecule has 1 unspecified atom stereocenters. The Morgan fingerprint density at radius 3 is 2.72 bits per heavy atom. The van der Waals surface area contributed by atoms with Crippen molar-refractivity contribution in [2.75, 3.05) is 39.4 Å². The van der Waals surface area contributed by atoms with Crippen molar-refractivity contribution in [1.82, 2.24) is 19.8 Å². The molecule has 2 fully saturated rings. The Labute approximate surface area is 149 Å². The van der Waals surface area contributed by atoms with Gasteiger partial charge in [-0.2, -0.15) is 0 Å². The van der Waals surface area contributed by atoms with Gasteiger partial charge in [-0.15, -0.1) is 0 Å². The van der Waals surface area contributed by atoms with Crippen molar-refractivity contribution in [3.05, 3.63) is 17.2 Å². The summed E-state index contributed by atoms with van der Waals surface area (Å²) in [5.74, 6) is 0.699. The molecule has 0 saturated carbocycles. The lowest BCUT2D eigenvalue weighted by Gasteiger charge is -2.34. The summed E-state index contributed by atoms with van der Waals surface area (Å²) in [4.78, 5) is 24.8. The minimum Gasteiger partial charge on any atom is -0.381 e. The summed E-state index contributed by atoms with van der Waals surface area (Å²) in [6.07, 6.45) is 3.00. The topological polar surface area (TPSA) is 87.5 Å². The van der Waals surface area contributed by atoms with E-state index in [1.807, 2.05) is 0 Å². The number of primary amides is 1. The number of carbonyl (C=O) groups excluding carboxylic acids is 1.